The SMILES string of the molecule is O=C(COC(=O)CN1CCCCCC1=O)Nc1cccc2ncccc12. The first-order valence-corrected chi connectivity index (χ1v) is 8.70. The van der Waals surface area contributed by atoms with E-state index in [1.54, 1.807) is 24.4 Å². The largest absolute Gasteiger partial charge is 0.454 e. The number of aromatic nitrogens is 1. The first-order chi connectivity index (χ1) is 12.6. The van der Waals surface area contributed by atoms with Crippen molar-refractivity contribution in [2.45, 2.75) is 25.7 Å². The normalized spacial score (nSPS) is 14.8. The van der Waals surface area contributed by atoms with Crippen molar-refractivity contribution in [1.82, 2.24) is 9.88 Å². The number of amides is 2. The van der Waals surface area contributed by atoms with Crippen molar-refractivity contribution in [2.24, 2.45) is 0 Å². The Morgan fingerprint density at radius 1 is 1.15 bits per heavy atom. The van der Waals surface area contributed by atoms with Crippen LogP contribution in [-0.2, 0) is 19.1 Å². The number of nitrogens with one attached hydrogen (secondary N) is 1. The molecule has 1 aromatic heterocycles. The first-order valence-electron chi connectivity index (χ1n) is 8.70. The Labute approximate surface area is 151 Å². The van der Waals surface area contributed by atoms with Crippen LogP contribution in [0.3, 0.4) is 0 Å². The van der Waals surface area contributed by atoms with Gasteiger partial charge in [0.05, 0.1) is 11.2 Å². The van der Waals surface area contributed by atoms with Crippen LogP contribution < -0.4 is 5.32 Å². The Morgan fingerprint density at radius 2 is 2.04 bits per heavy atom. The van der Waals surface area contributed by atoms with Crippen LogP contribution in [0.5, 0.6) is 0 Å². The third kappa shape index (κ3) is 4.56. The van der Waals surface area contributed by atoms with Crippen LogP contribution in [0.1, 0.15) is 25.7 Å². The monoisotopic (exact) mass is 355 g/mol. The molecule has 26 heavy (non-hydrogen) atoms. The lowest BCUT2D eigenvalue weighted by molar-refractivity contribution is -0.151. The number of carbonyl (C=O) groups is 3. The summed E-state index contributed by atoms with van der Waals surface area (Å²) in [4.78, 5) is 41.6. The molecule has 1 fully saturated rings. The van der Waals surface area contributed by atoms with Gasteiger partial charge in [0.2, 0.25) is 5.91 Å². The van der Waals surface area contributed by atoms with Crippen molar-refractivity contribution in [3.05, 3.63) is 36.5 Å². The van der Waals surface area contributed by atoms with Crippen LogP contribution in [0.4, 0.5) is 5.69 Å². The van der Waals surface area contributed by atoms with Crippen molar-refractivity contribution in [2.75, 3.05) is 25.0 Å². The van der Waals surface area contributed by atoms with Crippen molar-refractivity contribution < 1.29 is 19.1 Å². The number of pyridine rings is 1. The minimum Gasteiger partial charge on any atom is -0.454 e. The average molecular weight is 355 g/mol. The van der Waals surface area contributed by atoms with E-state index >= 15 is 0 Å². The van der Waals surface area contributed by atoms with E-state index in [-0.39, 0.29) is 12.5 Å². The van der Waals surface area contributed by atoms with Crippen molar-refractivity contribution in [3.63, 3.8) is 0 Å². The third-order valence-corrected chi connectivity index (χ3v) is 4.28. The fourth-order valence-electron chi connectivity index (χ4n) is 2.95. The van der Waals surface area contributed by atoms with E-state index in [4.69, 9.17) is 4.74 Å². The standard InChI is InChI=1S/C19H21N3O4/c23-17(21-16-8-4-7-15-14(16)6-5-10-20-15)13-26-19(25)12-22-11-3-1-2-9-18(22)24/h4-8,10H,1-3,9,11-13H2,(H,21,23). The third-order valence-electron chi connectivity index (χ3n) is 4.28. The number of likely N-dealkylation sites (tertiary alicyclic amines) is 1. The molecule has 0 radical (unpaired) electrons. The molecule has 1 aromatic carbocycles. The number of hydrogen-bond donors (Lipinski definition) is 1. The van der Waals surface area contributed by atoms with Gasteiger partial charge in [0, 0.05) is 24.5 Å². The maximum atomic E-state index is 12.1. The summed E-state index contributed by atoms with van der Waals surface area (Å²) in [5.74, 6) is -1.04. The Balaban J connectivity index is 1.52. The van der Waals surface area contributed by atoms with Gasteiger partial charge in [-0.25, -0.2) is 0 Å². The molecule has 1 saturated heterocycles. The summed E-state index contributed by atoms with van der Waals surface area (Å²) in [6, 6.07) is 9.05. The molecular weight excluding hydrogens is 334 g/mol. The van der Waals surface area contributed by atoms with Crippen LogP contribution in [0, 0.1) is 0 Å². The minimum atomic E-state index is -0.574. The minimum absolute atomic E-state index is 0.0350. The van der Waals surface area contributed by atoms with Crippen LogP contribution in [0.15, 0.2) is 36.5 Å². The van der Waals surface area contributed by atoms with Crippen LogP contribution in [0.25, 0.3) is 10.9 Å². The van der Waals surface area contributed by atoms with Gasteiger partial charge in [-0.15, -0.1) is 0 Å². The molecule has 136 valence electrons. The van der Waals surface area contributed by atoms with E-state index in [1.807, 2.05) is 12.1 Å². The Hall–Kier alpha value is -2.96. The predicted octanol–water partition coefficient (Wildman–Crippen LogP) is 2.12. The number of ether oxygens (including phenoxy) is 1. The second-order valence-electron chi connectivity index (χ2n) is 6.21. The molecular formula is C19H21N3O4. The fraction of sp³-hybridized carbons (Fsp3) is 0.368. The molecule has 1 N–H and O–H groups in total. The molecule has 2 heterocycles. The van der Waals surface area contributed by atoms with E-state index in [2.05, 4.69) is 10.3 Å². The second-order valence-corrected chi connectivity index (χ2v) is 6.21. The molecule has 0 bridgehead atoms. The highest BCUT2D eigenvalue weighted by Gasteiger charge is 2.20. The second kappa shape index (κ2) is 8.42. The number of hydrogen-bond acceptors (Lipinski definition) is 5. The molecule has 2 aromatic rings. The number of benzene rings is 1. The van der Waals surface area contributed by atoms with Gasteiger partial charge in [-0.1, -0.05) is 12.5 Å². The highest BCUT2D eigenvalue weighted by atomic mass is 16.5. The van der Waals surface area contributed by atoms with Gasteiger partial charge in [0.1, 0.15) is 6.54 Å². The Morgan fingerprint density at radius 3 is 2.92 bits per heavy atom. The molecule has 2 amide bonds. The van der Waals surface area contributed by atoms with E-state index in [9.17, 15) is 14.4 Å². The number of rotatable bonds is 5. The van der Waals surface area contributed by atoms with Gasteiger partial charge in [-0.3, -0.25) is 19.4 Å². The zero-order chi connectivity index (χ0) is 18.4. The number of fused-ring (bicyclic) bond motifs is 1. The molecule has 7 heteroatoms. The average Bonchev–Trinajstić information content (AvgIpc) is 2.85. The summed E-state index contributed by atoms with van der Waals surface area (Å²) in [5.41, 5.74) is 1.38. The molecule has 7 nitrogen and oxygen atoms in total. The summed E-state index contributed by atoms with van der Waals surface area (Å²) >= 11 is 0. The van der Waals surface area contributed by atoms with Crippen LogP contribution in [-0.4, -0.2) is 47.4 Å². The van der Waals surface area contributed by atoms with Gasteiger partial charge in [0.15, 0.2) is 6.61 Å². The zero-order valence-electron chi connectivity index (χ0n) is 14.4. The van der Waals surface area contributed by atoms with Gasteiger partial charge in [0.25, 0.3) is 5.91 Å². The summed E-state index contributed by atoms with van der Waals surface area (Å²) in [7, 11) is 0. The van der Waals surface area contributed by atoms with E-state index < -0.39 is 18.5 Å². The fourth-order valence-corrected chi connectivity index (χ4v) is 2.95. The smallest absolute Gasteiger partial charge is 0.326 e. The number of anilines is 1. The summed E-state index contributed by atoms with van der Waals surface area (Å²) in [5, 5.41) is 3.54. The molecule has 0 unspecified atom stereocenters. The van der Waals surface area contributed by atoms with Gasteiger partial charge in [-0.2, -0.15) is 0 Å². The quantitative estimate of drug-likeness (QED) is 0.830. The molecule has 1 aliphatic rings. The predicted molar refractivity (Wildman–Crippen MR) is 96.4 cm³/mol. The van der Waals surface area contributed by atoms with Crippen molar-refractivity contribution >= 4 is 34.4 Å². The lowest BCUT2D eigenvalue weighted by Gasteiger charge is -2.19. The lowest BCUT2D eigenvalue weighted by Crippen LogP contribution is -2.36. The first kappa shape index (κ1) is 17.8. The maximum Gasteiger partial charge on any atom is 0.326 e. The molecule has 3 rings (SSSR count). The van der Waals surface area contributed by atoms with E-state index in [0.29, 0.717) is 18.7 Å². The Bertz CT molecular complexity index is 816. The van der Waals surface area contributed by atoms with Gasteiger partial charge >= 0.3 is 5.97 Å². The molecule has 0 saturated carbocycles. The molecule has 0 atom stereocenters. The summed E-state index contributed by atoms with van der Waals surface area (Å²) < 4.78 is 5.02. The van der Waals surface area contributed by atoms with Crippen LogP contribution >= 0.6 is 0 Å². The highest BCUT2D eigenvalue weighted by Crippen LogP contribution is 2.21. The number of nitrogens with zero attached hydrogens (tertiary/aromatic N) is 2. The summed E-state index contributed by atoms with van der Waals surface area (Å²) in [6.45, 7) is 0.0605. The topological polar surface area (TPSA) is 88.6 Å². The van der Waals surface area contributed by atoms with E-state index in [0.717, 1.165) is 30.2 Å². The van der Waals surface area contributed by atoms with Gasteiger partial charge < -0.3 is 15.0 Å². The molecule has 1 aliphatic heterocycles. The highest BCUT2D eigenvalue weighted by molar-refractivity contribution is 6.01. The Kier molecular flexibility index (Phi) is 5.78. The van der Waals surface area contributed by atoms with E-state index in [1.165, 1.54) is 4.90 Å². The summed E-state index contributed by atoms with van der Waals surface area (Å²) in [6.07, 6.45) is 4.86. The van der Waals surface area contributed by atoms with Crippen LogP contribution in [0.2, 0.25) is 0 Å². The maximum absolute atomic E-state index is 12.1. The van der Waals surface area contributed by atoms with Crippen molar-refractivity contribution in [3.8, 4) is 0 Å². The van der Waals surface area contributed by atoms with Gasteiger partial charge in [-0.05, 0) is 37.1 Å². The van der Waals surface area contributed by atoms with Crippen molar-refractivity contribution in [1.29, 1.82) is 0 Å². The molecule has 0 spiro atoms. The number of carbonyl (C=O) groups excluding carboxylic acids is 3. The zero-order valence-corrected chi connectivity index (χ0v) is 14.4. The molecule has 0 aliphatic carbocycles. The number of esters is 1. The lowest BCUT2D eigenvalue weighted by atomic mass is 10.2.